The van der Waals surface area contributed by atoms with E-state index in [0.29, 0.717) is 36.9 Å². The third kappa shape index (κ3) is 6.60. The fraction of sp³-hybridized carbons (Fsp3) is 0.714. The Morgan fingerprint density at radius 3 is 2.46 bits per heavy atom. The third-order valence-corrected chi connectivity index (χ3v) is 5.53. The maximum atomic E-state index is 10.2. The molecule has 1 atom stereocenters. The molecule has 1 saturated heterocycles. The molecule has 7 heteroatoms. The average Bonchev–Trinajstić information content (AvgIpc) is 2.68. The number of aliphatic hydroxyl groups is 3. The lowest BCUT2D eigenvalue weighted by Gasteiger charge is -2.37. The van der Waals surface area contributed by atoms with Gasteiger partial charge in [-0.2, -0.15) is 0 Å². The first kappa shape index (κ1) is 22.9. The number of hydrogen-bond acceptors (Lipinski definition) is 7. The molecule has 1 aromatic rings. The van der Waals surface area contributed by atoms with Gasteiger partial charge in [-0.1, -0.05) is 6.07 Å². The summed E-state index contributed by atoms with van der Waals surface area (Å²) in [7, 11) is 3.58. The first-order valence-corrected chi connectivity index (χ1v) is 10.00. The van der Waals surface area contributed by atoms with E-state index in [1.54, 1.807) is 7.11 Å². The second-order valence-electron chi connectivity index (χ2n) is 8.14. The number of piperidine rings is 1. The van der Waals surface area contributed by atoms with Gasteiger partial charge < -0.3 is 29.7 Å². The number of nitrogens with zero attached hydrogens (tertiary/aromatic N) is 2. The van der Waals surface area contributed by atoms with Crippen LogP contribution in [0.25, 0.3) is 0 Å². The fourth-order valence-electron chi connectivity index (χ4n) is 3.26. The molecule has 0 aliphatic carbocycles. The van der Waals surface area contributed by atoms with E-state index >= 15 is 0 Å². The molecule has 3 N–H and O–H groups in total. The van der Waals surface area contributed by atoms with E-state index in [-0.39, 0.29) is 13.2 Å². The molecule has 0 bridgehead atoms. The first-order chi connectivity index (χ1) is 13.3. The van der Waals surface area contributed by atoms with Crippen molar-refractivity contribution in [3.8, 4) is 11.5 Å². The molecule has 2 rings (SSSR count). The molecule has 28 heavy (non-hydrogen) atoms. The summed E-state index contributed by atoms with van der Waals surface area (Å²) in [5, 5.41) is 29.7. The Kier molecular flexibility index (Phi) is 8.52. The van der Waals surface area contributed by atoms with Crippen LogP contribution >= 0.6 is 0 Å². The van der Waals surface area contributed by atoms with E-state index in [2.05, 4.69) is 23.6 Å². The van der Waals surface area contributed by atoms with Crippen molar-refractivity contribution in [1.29, 1.82) is 0 Å². The Hall–Kier alpha value is -1.38. The second kappa shape index (κ2) is 10.4. The van der Waals surface area contributed by atoms with Gasteiger partial charge in [-0.05, 0) is 51.4 Å². The Labute approximate surface area is 168 Å². The standard InChI is InChI=1S/C21H36N2O5/c1-16(2)22(3)13-18(25)14-28-20-11-17(5-6-19(20)27-4)12-23-9-7-21(26,15-24)8-10-23/h5-6,11,16,18,24-26H,7-10,12-15H2,1-4H3/t18-/m1/s1. The van der Waals surface area contributed by atoms with Crippen LogP contribution in [0, 0.1) is 0 Å². The Balaban J connectivity index is 1.94. The molecule has 1 aliphatic rings. The molecular weight excluding hydrogens is 360 g/mol. The van der Waals surface area contributed by atoms with Crippen molar-refractivity contribution in [2.24, 2.45) is 0 Å². The first-order valence-electron chi connectivity index (χ1n) is 10.00. The maximum Gasteiger partial charge on any atom is 0.161 e. The SMILES string of the molecule is COc1ccc(CN2CCC(O)(CO)CC2)cc1OC[C@H](O)CN(C)C(C)C. The van der Waals surface area contributed by atoms with Crippen LogP contribution in [0.2, 0.25) is 0 Å². The molecule has 0 radical (unpaired) electrons. The topological polar surface area (TPSA) is 85.6 Å². The highest BCUT2D eigenvalue weighted by Crippen LogP contribution is 2.30. The molecule has 7 nitrogen and oxygen atoms in total. The van der Waals surface area contributed by atoms with Gasteiger partial charge >= 0.3 is 0 Å². The molecule has 0 unspecified atom stereocenters. The number of aliphatic hydroxyl groups excluding tert-OH is 2. The van der Waals surface area contributed by atoms with Crippen LogP contribution in [-0.2, 0) is 6.54 Å². The molecule has 1 aromatic carbocycles. The number of hydrogen-bond donors (Lipinski definition) is 3. The summed E-state index contributed by atoms with van der Waals surface area (Å²) < 4.78 is 11.2. The van der Waals surface area contributed by atoms with Crippen molar-refractivity contribution in [2.75, 3.05) is 47.0 Å². The highest BCUT2D eigenvalue weighted by Gasteiger charge is 2.31. The van der Waals surface area contributed by atoms with Gasteiger partial charge in [-0.3, -0.25) is 4.90 Å². The second-order valence-corrected chi connectivity index (χ2v) is 8.14. The number of ether oxygens (including phenoxy) is 2. The van der Waals surface area contributed by atoms with Gasteiger partial charge in [0.25, 0.3) is 0 Å². The van der Waals surface area contributed by atoms with Crippen LogP contribution in [0.1, 0.15) is 32.3 Å². The summed E-state index contributed by atoms with van der Waals surface area (Å²) in [6.07, 6.45) is 0.552. The van der Waals surface area contributed by atoms with Crippen molar-refractivity contribution < 1.29 is 24.8 Å². The molecule has 0 amide bonds. The lowest BCUT2D eigenvalue weighted by Crippen LogP contribution is -2.46. The van der Waals surface area contributed by atoms with Crippen LogP contribution in [-0.4, -0.2) is 89.9 Å². The van der Waals surface area contributed by atoms with E-state index in [4.69, 9.17) is 9.47 Å². The van der Waals surface area contributed by atoms with Crippen LogP contribution in [0.15, 0.2) is 18.2 Å². The predicted molar refractivity (Wildman–Crippen MR) is 109 cm³/mol. The fourth-order valence-corrected chi connectivity index (χ4v) is 3.26. The van der Waals surface area contributed by atoms with E-state index in [0.717, 1.165) is 25.2 Å². The Morgan fingerprint density at radius 1 is 1.21 bits per heavy atom. The Bertz CT molecular complexity index is 602. The van der Waals surface area contributed by atoms with E-state index in [1.807, 2.05) is 25.2 Å². The van der Waals surface area contributed by atoms with E-state index in [1.165, 1.54) is 0 Å². The van der Waals surface area contributed by atoms with Crippen molar-refractivity contribution >= 4 is 0 Å². The number of likely N-dealkylation sites (tertiary alicyclic amines) is 1. The zero-order chi connectivity index (χ0) is 20.7. The summed E-state index contributed by atoms with van der Waals surface area (Å²) >= 11 is 0. The van der Waals surface area contributed by atoms with Crippen LogP contribution in [0.5, 0.6) is 11.5 Å². The monoisotopic (exact) mass is 396 g/mol. The number of methoxy groups -OCH3 is 1. The summed E-state index contributed by atoms with van der Waals surface area (Å²) in [6, 6.07) is 6.19. The zero-order valence-electron chi connectivity index (χ0n) is 17.6. The highest BCUT2D eigenvalue weighted by atomic mass is 16.5. The van der Waals surface area contributed by atoms with Gasteiger partial charge in [-0.25, -0.2) is 0 Å². The smallest absolute Gasteiger partial charge is 0.161 e. The van der Waals surface area contributed by atoms with Gasteiger partial charge in [-0.15, -0.1) is 0 Å². The normalized spacial score (nSPS) is 18.5. The minimum atomic E-state index is -0.941. The quantitative estimate of drug-likeness (QED) is 0.546. The molecule has 160 valence electrons. The molecule has 1 aliphatic heterocycles. The lowest BCUT2D eigenvalue weighted by molar-refractivity contribution is -0.0606. The maximum absolute atomic E-state index is 10.2. The van der Waals surface area contributed by atoms with E-state index < -0.39 is 11.7 Å². The lowest BCUT2D eigenvalue weighted by atomic mass is 9.92. The Morgan fingerprint density at radius 2 is 1.89 bits per heavy atom. The largest absolute Gasteiger partial charge is 0.493 e. The van der Waals surface area contributed by atoms with Crippen LogP contribution < -0.4 is 9.47 Å². The number of likely N-dealkylation sites (N-methyl/N-ethyl adjacent to an activating group) is 1. The van der Waals surface area contributed by atoms with Crippen molar-refractivity contribution in [3.63, 3.8) is 0 Å². The number of benzene rings is 1. The zero-order valence-corrected chi connectivity index (χ0v) is 17.6. The van der Waals surface area contributed by atoms with Crippen molar-refractivity contribution in [1.82, 2.24) is 9.80 Å². The molecule has 1 heterocycles. The van der Waals surface area contributed by atoms with Crippen molar-refractivity contribution in [2.45, 2.75) is 51.0 Å². The minimum Gasteiger partial charge on any atom is -0.493 e. The van der Waals surface area contributed by atoms with Gasteiger partial charge in [0.2, 0.25) is 0 Å². The van der Waals surface area contributed by atoms with Gasteiger partial charge in [0, 0.05) is 32.2 Å². The van der Waals surface area contributed by atoms with Gasteiger partial charge in [0.1, 0.15) is 12.7 Å². The average molecular weight is 397 g/mol. The predicted octanol–water partition coefficient (Wildman–Crippen LogP) is 1.09. The molecule has 1 fully saturated rings. The molecular formula is C21H36N2O5. The molecule has 0 saturated carbocycles. The third-order valence-electron chi connectivity index (χ3n) is 5.53. The molecule has 0 aromatic heterocycles. The summed E-state index contributed by atoms with van der Waals surface area (Å²) in [6.45, 7) is 6.94. The minimum absolute atomic E-state index is 0.185. The number of rotatable bonds is 10. The van der Waals surface area contributed by atoms with Gasteiger partial charge in [0.15, 0.2) is 11.5 Å². The van der Waals surface area contributed by atoms with Gasteiger partial charge in [0.05, 0.1) is 19.3 Å². The van der Waals surface area contributed by atoms with Crippen LogP contribution in [0.4, 0.5) is 0 Å². The summed E-state index contributed by atoms with van der Waals surface area (Å²) in [4.78, 5) is 4.33. The molecule has 0 spiro atoms. The highest BCUT2D eigenvalue weighted by molar-refractivity contribution is 5.43. The summed E-state index contributed by atoms with van der Waals surface area (Å²) in [5.41, 5.74) is 0.142. The van der Waals surface area contributed by atoms with Crippen LogP contribution in [0.3, 0.4) is 0 Å². The van der Waals surface area contributed by atoms with Crippen molar-refractivity contribution in [3.05, 3.63) is 23.8 Å². The summed E-state index contributed by atoms with van der Waals surface area (Å²) in [5.74, 6) is 1.26. The van der Waals surface area contributed by atoms with E-state index in [9.17, 15) is 15.3 Å².